The van der Waals surface area contributed by atoms with Gasteiger partial charge in [0.15, 0.2) is 6.61 Å². The summed E-state index contributed by atoms with van der Waals surface area (Å²) in [6.07, 6.45) is 2.96. The van der Waals surface area contributed by atoms with E-state index < -0.39 is 11.9 Å². The summed E-state index contributed by atoms with van der Waals surface area (Å²) in [5.74, 6) is -0.816. The maximum absolute atomic E-state index is 11.9. The third kappa shape index (κ3) is 4.95. The Balaban J connectivity index is 1.43. The first-order valence-corrected chi connectivity index (χ1v) is 8.62. The smallest absolute Gasteiger partial charge is 0.306 e. The quantitative estimate of drug-likeness (QED) is 0.631. The number of nitrogens with one attached hydrogen (secondary N) is 2. The maximum Gasteiger partial charge on any atom is 0.306 e. The van der Waals surface area contributed by atoms with E-state index in [9.17, 15) is 9.59 Å². The molecular weight excluding hydrogens is 342 g/mol. The highest BCUT2D eigenvalue weighted by atomic mass is 16.5. The van der Waals surface area contributed by atoms with Gasteiger partial charge in [0.25, 0.3) is 5.91 Å². The molecule has 6 nitrogen and oxygen atoms in total. The second-order valence-corrected chi connectivity index (χ2v) is 6.10. The van der Waals surface area contributed by atoms with Crippen LogP contribution in [0.4, 0.5) is 5.69 Å². The van der Waals surface area contributed by atoms with Crippen molar-refractivity contribution >= 4 is 28.5 Å². The van der Waals surface area contributed by atoms with Crippen molar-refractivity contribution in [1.82, 2.24) is 4.98 Å². The van der Waals surface area contributed by atoms with Crippen molar-refractivity contribution in [2.24, 2.45) is 0 Å². The Morgan fingerprint density at radius 2 is 1.89 bits per heavy atom. The number of H-pyrrole nitrogens is 1. The minimum atomic E-state index is -0.417. The molecule has 0 saturated carbocycles. The Labute approximate surface area is 156 Å². The van der Waals surface area contributed by atoms with Gasteiger partial charge in [0.2, 0.25) is 0 Å². The number of aromatic amines is 1. The fourth-order valence-corrected chi connectivity index (χ4v) is 2.79. The van der Waals surface area contributed by atoms with Crippen LogP contribution in [0, 0.1) is 11.3 Å². The molecule has 1 aromatic heterocycles. The average Bonchev–Trinajstić information content (AvgIpc) is 3.10. The van der Waals surface area contributed by atoms with Gasteiger partial charge in [-0.2, -0.15) is 5.26 Å². The van der Waals surface area contributed by atoms with Crippen LogP contribution >= 0.6 is 0 Å². The van der Waals surface area contributed by atoms with E-state index in [1.165, 1.54) is 0 Å². The number of amides is 1. The summed E-state index contributed by atoms with van der Waals surface area (Å²) in [5.41, 5.74) is 3.54. The van der Waals surface area contributed by atoms with E-state index in [1.807, 2.05) is 30.5 Å². The highest BCUT2D eigenvalue weighted by Crippen LogP contribution is 2.19. The number of carbonyl (C=O) groups is 2. The monoisotopic (exact) mass is 361 g/mol. The molecule has 6 heteroatoms. The highest BCUT2D eigenvalue weighted by Gasteiger charge is 2.10. The van der Waals surface area contributed by atoms with Gasteiger partial charge in [0.05, 0.1) is 12.5 Å². The Kier molecular flexibility index (Phi) is 5.85. The Bertz CT molecular complexity index is 984. The number of anilines is 1. The van der Waals surface area contributed by atoms with E-state index in [4.69, 9.17) is 10.00 Å². The van der Waals surface area contributed by atoms with Gasteiger partial charge >= 0.3 is 5.97 Å². The molecule has 0 atom stereocenters. The minimum absolute atomic E-state index is 0.206. The van der Waals surface area contributed by atoms with Crippen LogP contribution in [0.3, 0.4) is 0 Å². The topological polar surface area (TPSA) is 95.0 Å². The first kappa shape index (κ1) is 18.2. The minimum Gasteiger partial charge on any atom is -0.456 e. The molecule has 3 rings (SSSR count). The van der Waals surface area contributed by atoms with Gasteiger partial charge in [-0.05, 0) is 35.7 Å². The number of aromatic nitrogens is 1. The van der Waals surface area contributed by atoms with Crippen molar-refractivity contribution in [2.75, 3.05) is 11.9 Å². The molecule has 0 spiro atoms. The molecule has 0 fully saturated rings. The number of nitriles is 1. The normalized spacial score (nSPS) is 10.3. The number of carbonyl (C=O) groups excluding carboxylic acids is 2. The lowest BCUT2D eigenvalue weighted by atomic mass is 10.1. The van der Waals surface area contributed by atoms with Crippen LogP contribution in [0.15, 0.2) is 54.7 Å². The average molecular weight is 361 g/mol. The molecule has 1 amide bonds. The maximum atomic E-state index is 11.9. The zero-order valence-corrected chi connectivity index (χ0v) is 14.7. The second-order valence-electron chi connectivity index (χ2n) is 6.10. The van der Waals surface area contributed by atoms with Gasteiger partial charge < -0.3 is 15.0 Å². The number of aryl methyl sites for hydroxylation is 1. The van der Waals surface area contributed by atoms with E-state index in [-0.39, 0.29) is 13.0 Å². The summed E-state index contributed by atoms with van der Waals surface area (Å²) in [7, 11) is 0. The molecule has 1 heterocycles. The van der Waals surface area contributed by atoms with Crippen molar-refractivity contribution in [3.05, 3.63) is 65.9 Å². The van der Waals surface area contributed by atoms with E-state index in [2.05, 4.69) is 16.4 Å². The molecule has 0 saturated heterocycles. The van der Waals surface area contributed by atoms with Gasteiger partial charge in [-0.3, -0.25) is 9.59 Å². The number of ether oxygens (including phenoxy) is 1. The third-order valence-electron chi connectivity index (χ3n) is 4.16. The zero-order chi connectivity index (χ0) is 19.1. The number of benzene rings is 2. The molecule has 27 heavy (non-hydrogen) atoms. The summed E-state index contributed by atoms with van der Waals surface area (Å²) >= 11 is 0. The SMILES string of the molecule is N#CCc1ccc(NC(=O)COC(=O)CCc2c[nH]c3ccccc23)cc1. The van der Waals surface area contributed by atoms with Gasteiger partial charge in [0, 0.05) is 29.2 Å². The zero-order valence-electron chi connectivity index (χ0n) is 14.7. The lowest BCUT2D eigenvalue weighted by molar-refractivity contribution is -0.147. The lowest BCUT2D eigenvalue weighted by Gasteiger charge is -2.07. The third-order valence-corrected chi connectivity index (χ3v) is 4.16. The molecule has 0 aliphatic rings. The summed E-state index contributed by atoms with van der Waals surface area (Å²) in [6.45, 7) is -0.327. The summed E-state index contributed by atoms with van der Waals surface area (Å²) in [4.78, 5) is 27.0. The molecule has 2 N–H and O–H groups in total. The molecule has 0 aliphatic carbocycles. The molecule has 0 aliphatic heterocycles. The molecule has 0 unspecified atom stereocenters. The second kappa shape index (κ2) is 8.68. The molecule has 3 aromatic rings. The van der Waals surface area contributed by atoms with Crippen LogP contribution < -0.4 is 5.32 Å². The summed E-state index contributed by atoms with van der Waals surface area (Å²) < 4.78 is 5.04. The highest BCUT2D eigenvalue weighted by molar-refractivity contribution is 5.92. The predicted molar refractivity (Wildman–Crippen MR) is 102 cm³/mol. The Hall–Kier alpha value is -3.59. The van der Waals surface area contributed by atoms with Crippen molar-refractivity contribution < 1.29 is 14.3 Å². The van der Waals surface area contributed by atoms with Crippen LogP contribution in [0.1, 0.15) is 17.5 Å². The largest absolute Gasteiger partial charge is 0.456 e. The summed E-state index contributed by atoms with van der Waals surface area (Å²) in [5, 5.41) is 12.4. The first-order valence-electron chi connectivity index (χ1n) is 8.62. The lowest BCUT2D eigenvalue weighted by Crippen LogP contribution is -2.21. The standard InChI is InChI=1S/C21H19N3O3/c22-12-11-15-5-8-17(9-6-15)24-20(25)14-27-21(26)10-7-16-13-23-19-4-2-1-3-18(16)19/h1-6,8-9,13,23H,7,10-11,14H2,(H,24,25). The Morgan fingerprint density at radius 1 is 1.11 bits per heavy atom. The molecule has 136 valence electrons. The summed E-state index contributed by atoms with van der Waals surface area (Å²) in [6, 6.07) is 16.9. The van der Waals surface area contributed by atoms with Gasteiger partial charge in [-0.15, -0.1) is 0 Å². The predicted octanol–water partition coefficient (Wildman–Crippen LogP) is 3.35. The molecular formula is C21H19N3O3. The van der Waals surface area contributed by atoms with Crippen LogP contribution in [0.5, 0.6) is 0 Å². The van der Waals surface area contributed by atoms with Crippen molar-refractivity contribution in [2.45, 2.75) is 19.3 Å². The van der Waals surface area contributed by atoms with Crippen molar-refractivity contribution in [1.29, 1.82) is 5.26 Å². The van der Waals surface area contributed by atoms with E-state index in [1.54, 1.807) is 24.3 Å². The van der Waals surface area contributed by atoms with Crippen molar-refractivity contribution in [3.63, 3.8) is 0 Å². The van der Waals surface area contributed by atoms with E-state index >= 15 is 0 Å². The number of rotatable bonds is 7. The Morgan fingerprint density at radius 3 is 2.67 bits per heavy atom. The molecule has 0 radical (unpaired) electrons. The number of hydrogen-bond donors (Lipinski definition) is 2. The molecule has 2 aromatic carbocycles. The van der Waals surface area contributed by atoms with Crippen molar-refractivity contribution in [3.8, 4) is 6.07 Å². The number of fused-ring (bicyclic) bond motifs is 1. The van der Waals surface area contributed by atoms with Crippen LogP contribution in [-0.4, -0.2) is 23.5 Å². The van der Waals surface area contributed by atoms with Crippen LogP contribution in [-0.2, 0) is 27.2 Å². The van der Waals surface area contributed by atoms with Crippen LogP contribution in [0.25, 0.3) is 10.9 Å². The number of esters is 1. The van der Waals surface area contributed by atoms with E-state index in [0.717, 1.165) is 22.0 Å². The number of hydrogen-bond acceptors (Lipinski definition) is 4. The number of para-hydroxylation sites is 1. The first-order chi connectivity index (χ1) is 13.2. The fraction of sp³-hybridized carbons (Fsp3) is 0.190. The van der Waals surface area contributed by atoms with Gasteiger partial charge in [0.1, 0.15) is 0 Å². The van der Waals surface area contributed by atoms with Crippen LogP contribution in [0.2, 0.25) is 0 Å². The number of nitrogens with zero attached hydrogens (tertiary/aromatic N) is 1. The molecule has 0 bridgehead atoms. The van der Waals surface area contributed by atoms with Gasteiger partial charge in [-0.25, -0.2) is 0 Å². The fourth-order valence-electron chi connectivity index (χ4n) is 2.79. The van der Waals surface area contributed by atoms with E-state index in [0.29, 0.717) is 18.5 Å². The van der Waals surface area contributed by atoms with Gasteiger partial charge in [-0.1, -0.05) is 30.3 Å².